The molecule has 0 spiro atoms. The van der Waals surface area contributed by atoms with Gasteiger partial charge in [0, 0.05) is 0 Å². The molecular formula is C11H9F3N4. The summed E-state index contributed by atoms with van der Waals surface area (Å²) in [7, 11) is 0. The van der Waals surface area contributed by atoms with Crippen LogP contribution in [0, 0.1) is 0 Å². The van der Waals surface area contributed by atoms with Crippen molar-refractivity contribution in [1.82, 2.24) is 9.97 Å². The van der Waals surface area contributed by atoms with E-state index in [0.29, 0.717) is 0 Å². The van der Waals surface area contributed by atoms with Crippen molar-refractivity contribution in [2.75, 3.05) is 11.1 Å². The molecule has 1 aromatic heterocycles. The Labute approximate surface area is 101 Å². The lowest BCUT2D eigenvalue weighted by molar-refractivity contribution is -0.136. The second kappa shape index (κ2) is 4.52. The first-order chi connectivity index (χ1) is 8.48. The molecule has 0 radical (unpaired) electrons. The van der Waals surface area contributed by atoms with Crippen molar-refractivity contribution in [3.63, 3.8) is 0 Å². The number of halogens is 3. The van der Waals surface area contributed by atoms with Crippen molar-refractivity contribution in [2.24, 2.45) is 0 Å². The van der Waals surface area contributed by atoms with Gasteiger partial charge < -0.3 is 11.1 Å². The third-order valence-electron chi connectivity index (χ3n) is 2.23. The van der Waals surface area contributed by atoms with E-state index in [1.165, 1.54) is 30.7 Å². The molecule has 0 unspecified atom stereocenters. The average Bonchev–Trinajstić information content (AvgIpc) is 2.31. The zero-order valence-corrected chi connectivity index (χ0v) is 9.07. The number of nitrogen functional groups attached to an aromatic ring is 1. The standard InChI is InChI=1S/C11H9F3N4/c12-11(13,14)7-3-1-2-4-9(7)18-10-8(15)5-16-6-17-10/h1-6H,15H2,(H,16,17,18). The van der Waals surface area contributed by atoms with E-state index in [0.717, 1.165) is 6.07 Å². The van der Waals surface area contributed by atoms with E-state index in [2.05, 4.69) is 15.3 Å². The predicted octanol–water partition coefficient (Wildman–Crippen LogP) is 2.82. The van der Waals surface area contributed by atoms with Crippen LogP contribution in [0.2, 0.25) is 0 Å². The SMILES string of the molecule is Nc1cncnc1Nc1ccccc1C(F)(F)F. The van der Waals surface area contributed by atoms with E-state index in [1.54, 1.807) is 0 Å². The number of nitrogens with two attached hydrogens (primary N) is 1. The van der Waals surface area contributed by atoms with E-state index >= 15 is 0 Å². The number of nitrogens with one attached hydrogen (secondary N) is 1. The minimum absolute atomic E-state index is 0.101. The molecule has 0 aliphatic carbocycles. The van der Waals surface area contributed by atoms with Crippen molar-refractivity contribution in [1.29, 1.82) is 0 Å². The fraction of sp³-hybridized carbons (Fsp3) is 0.0909. The van der Waals surface area contributed by atoms with Gasteiger partial charge in [-0.3, -0.25) is 0 Å². The average molecular weight is 254 g/mol. The zero-order chi connectivity index (χ0) is 13.2. The highest BCUT2D eigenvalue weighted by Gasteiger charge is 2.33. The Morgan fingerprint density at radius 1 is 1.17 bits per heavy atom. The first-order valence-electron chi connectivity index (χ1n) is 4.97. The lowest BCUT2D eigenvalue weighted by Gasteiger charge is -2.14. The van der Waals surface area contributed by atoms with Crippen molar-refractivity contribution >= 4 is 17.2 Å². The quantitative estimate of drug-likeness (QED) is 0.864. The molecule has 0 saturated heterocycles. The maximum Gasteiger partial charge on any atom is 0.418 e. The van der Waals surface area contributed by atoms with E-state index < -0.39 is 11.7 Å². The van der Waals surface area contributed by atoms with Gasteiger partial charge in [0.15, 0.2) is 5.82 Å². The van der Waals surface area contributed by atoms with Crippen molar-refractivity contribution in [2.45, 2.75) is 6.18 Å². The summed E-state index contributed by atoms with van der Waals surface area (Å²) in [5.74, 6) is 0.140. The molecule has 4 nitrogen and oxygen atoms in total. The lowest BCUT2D eigenvalue weighted by atomic mass is 10.1. The second-order valence-electron chi connectivity index (χ2n) is 3.50. The van der Waals surface area contributed by atoms with Crippen LogP contribution < -0.4 is 11.1 Å². The van der Waals surface area contributed by atoms with Crippen LogP contribution in [0.3, 0.4) is 0 Å². The summed E-state index contributed by atoms with van der Waals surface area (Å²) in [6, 6.07) is 5.11. The summed E-state index contributed by atoms with van der Waals surface area (Å²) in [5, 5.41) is 2.55. The molecule has 3 N–H and O–H groups in total. The van der Waals surface area contributed by atoms with E-state index in [1.807, 2.05) is 0 Å². The second-order valence-corrected chi connectivity index (χ2v) is 3.50. The molecule has 0 amide bonds. The molecule has 2 aromatic rings. The Morgan fingerprint density at radius 2 is 1.89 bits per heavy atom. The fourth-order valence-electron chi connectivity index (χ4n) is 1.41. The Morgan fingerprint density at radius 3 is 2.56 bits per heavy atom. The number of para-hydroxylation sites is 1. The molecule has 0 bridgehead atoms. The van der Waals surface area contributed by atoms with Gasteiger partial charge >= 0.3 is 6.18 Å². The molecular weight excluding hydrogens is 245 g/mol. The highest BCUT2D eigenvalue weighted by molar-refractivity contribution is 5.69. The minimum Gasteiger partial charge on any atom is -0.394 e. The highest BCUT2D eigenvalue weighted by Crippen LogP contribution is 2.36. The number of anilines is 3. The molecule has 0 fully saturated rings. The molecule has 94 valence electrons. The van der Waals surface area contributed by atoms with E-state index in [-0.39, 0.29) is 17.2 Å². The molecule has 0 aliphatic rings. The number of hydrogen-bond acceptors (Lipinski definition) is 4. The van der Waals surface area contributed by atoms with Crippen LogP contribution in [0.4, 0.5) is 30.4 Å². The number of hydrogen-bond donors (Lipinski definition) is 2. The van der Waals surface area contributed by atoms with Gasteiger partial charge in [0.2, 0.25) is 0 Å². The van der Waals surface area contributed by atoms with Crippen LogP contribution in [-0.4, -0.2) is 9.97 Å². The van der Waals surface area contributed by atoms with Gasteiger partial charge in [-0.15, -0.1) is 0 Å². The van der Waals surface area contributed by atoms with Crippen molar-refractivity contribution < 1.29 is 13.2 Å². The Kier molecular flexibility index (Phi) is 3.05. The normalized spacial score (nSPS) is 11.3. The molecule has 1 heterocycles. The number of rotatable bonds is 2. The number of aromatic nitrogens is 2. The van der Waals surface area contributed by atoms with Gasteiger partial charge in [0.1, 0.15) is 6.33 Å². The Bertz CT molecular complexity index is 554. The lowest BCUT2D eigenvalue weighted by Crippen LogP contribution is -2.09. The smallest absolute Gasteiger partial charge is 0.394 e. The Hall–Kier alpha value is -2.31. The van der Waals surface area contributed by atoms with Gasteiger partial charge in [0.25, 0.3) is 0 Å². The summed E-state index contributed by atoms with van der Waals surface area (Å²) in [5.41, 5.74) is 4.86. The number of benzene rings is 1. The molecule has 7 heteroatoms. The van der Waals surface area contributed by atoms with Crippen LogP contribution >= 0.6 is 0 Å². The molecule has 1 aromatic carbocycles. The third kappa shape index (κ3) is 2.50. The summed E-state index contributed by atoms with van der Waals surface area (Å²) in [6.07, 6.45) is -1.92. The first-order valence-corrected chi connectivity index (χ1v) is 4.97. The van der Waals surface area contributed by atoms with Gasteiger partial charge in [0.05, 0.1) is 23.1 Å². The van der Waals surface area contributed by atoms with Gasteiger partial charge in [-0.1, -0.05) is 12.1 Å². The largest absolute Gasteiger partial charge is 0.418 e. The molecule has 0 atom stereocenters. The fourth-order valence-corrected chi connectivity index (χ4v) is 1.41. The number of alkyl halides is 3. The van der Waals surface area contributed by atoms with Crippen LogP contribution in [-0.2, 0) is 6.18 Å². The Balaban J connectivity index is 2.39. The predicted molar refractivity (Wildman–Crippen MR) is 61.2 cm³/mol. The highest BCUT2D eigenvalue weighted by atomic mass is 19.4. The van der Waals surface area contributed by atoms with Gasteiger partial charge in [-0.2, -0.15) is 13.2 Å². The topological polar surface area (TPSA) is 63.8 Å². The third-order valence-corrected chi connectivity index (χ3v) is 2.23. The van der Waals surface area contributed by atoms with E-state index in [9.17, 15) is 13.2 Å². The molecule has 0 saturated carbocycles. The van der Waals surface area contributed by atoms with Gasteiger partial charge in [-0.05, 0) is 12.1 Å². The first kappa shape index (κ1) is 12.2. The van der Waals surface area contributed by atoms with E-state index in [4.69, 9.17) is 5.73 Å². The van der Waals surface area contributed by atoms with Crippen molar-refractivity contribution in [3.8, 4) is 0 Å². The molecule has 2 rings (SSSR count). The van der Waals surface area contributed by atoms with Crippen LogP contribution in [0.5, 0.6) is 0 Å². The van der Waals surface area contributed by atoms with Crippen LogP contribution in [0.1, 0.15) is 5.56 Å². The van der Waals surface area contributed by atoms with Crippen LogP contribution in [0.15, 0.2) is 36.8 Å². The summed E-state index contributed by atoms with van der Waals surface area (Å²) in [4.78, 5) is 7.44. The maximum atomic E-state index is 12.7. The summed E-state index contributed by atoms with van der Waals surface area (Å²) < 4.78 is 38.2. The maximum absolute atomic E-state index is 12.7. The minimum atomic E-state index is -4.44. The van der Waals surface area contributed by atoms with Crippen LogP contribution in [0.25, 0.3) is 0 Å². The number of nitrogens with zero attached hydrogens (tertiary/aromatic N) is 2. The molecule has 18 heavy (non-hydrogen) atoms. The molecule has 0 aliphatic heterocycles. The zero-order valence-electron chi connectivity index (χ0n) is 9.07. The monoisotopic (exact) mass is 254 g/mol. The van der Waals surface area contributed by atoms with Gasteiger partial charge in [-0.25, -0.2) is 9.97 Å². The summed E-state index contributed by atoms with van der Waals surface area (Å²) in [6.45, 7) is 0. The van der Waals surface area contributed by atoms with Crippen molar-refractivity contribution in [3.05, 3.63) is 42.4 Å². The summed E-state index contributed by atoms with van der Waals surface area (Å²) >= 11 is 0.